The minimum atomic E-state index is -1.51. The second kappa shape index (κ2) is 53.5. The van der Waals surface area contributed by atoms with Crippen molar-refractivity contribution in [2.75, 3.05) is 47.5 Å². The predicted molar refractivity (Wildman–Crippen MR) is 300 cm³/mol. The third kappa shape index (κ3) is 54.9. The fourth-order valence-corrected chi connectivity index (χ4v) is 8.54. The lowest BCUT2D eigenvalue weighted by molar-refractivity contribution is -0.870. The molecule has 0 fully saturated rings. The van der Waals surface area contributed by atoms with Crippen molar-refractivity contribution < 1.29 is 42.9 Å². The number of aliphatic carboxylic acids is 1. The van der Waals surface area contributed by atoms with Crippen LogP contribution < -0.4 is 0 Å². The van der Waals surface area contributed by atoms with Crippen LogP contribution in [0.25, 0.3) is 0 Å². The average Bonchev–Trinajstić information content (AvgIpc) is 3.34. The summed E-state index contributed by atoms with van der Waals surface area (Å²) < 4.78 is 22.9. The van der Waals surface area contributed by atoms with Crippen LogP contribution in [-0.4, -0.2) is 87.4 Å². The van der Waals surface area contributed by atoms with E-state index < -0.39 is 18.4 Å². The van der Waals surface area contributed by atoms with Gasteiger partial charge in [-0.3, -0.25) is 9.59 Å². The Morgan fingerprint density at radius 3 is 1.20 bits per heavy atom. The molecule has 1 N–H and O–H groups in total. The summed E-state index contributed by atoms with van der Waals surface area (Å²) in [6, 6.07) is 0. The minimum absolute atomic E-state index is 0.177. The van der Waals surface area contributed by atoms with E-state index in [2.05, 4.69) is 62.5 Å². The first-order chi connectivity index (χ1) is 34.6. The van der Waals surface area contributed by atoms with Gasteiger partial charge < -0.3 is 28.5 Å². The van der Waals surface area contributed by atoms with Crippen LogP contribution in [0.3, 0.4) is 0 Å². The van der Waals surface area contributed by atoms with Gasteiger partial charge in [0.1, 0.15) is 13.2 Å². The maximum Gasteiger partial charge on any atom is 0.361 e. The van der Waals surface area contributed by atoms with Gasteiger partial charge in [-0.25, -0.2) is 4.79 Å². The molecular formula is C62H114NO8+. The van der Waals surface area contributed by atoms with Gasteiger partial charge in [0.05, 0.1) is 34.4 Å². The Labute approximate surface area is 438 Å². The Morgan fingerprint density at radius 2 is 0.803 bits per heavy atom. The van der Waals surface area contributed by atoms with Crippen LogP contribution in [0.2, 0.25) is 0 Å². The summed E-state index contributed by atoms with van der Waals surface area (Å²) in [7, 11) is 5.98. The number of carbonyl (C=O) groups is 3. The molecule has 0 saturated heterocycles. The SMILES string of the molecule is CC/C=C\C/C=C\C/C=C\C/C=C\CCCCCCCCCCCCCCCCCCCCC(=O)OC(COC(=O)CCCCCCCCCCCCCCCCC)COC(OCC[N+](C)(C)C)C(=O)O. The molecule has 0 rings (SSSR count). The molecule has 0 aromatic carbocycles. The Bertz CT molecular complexity index is 1300. The van der Waals surface area contributed by atoms with Gasteiger partial charge in [-0.2, -0.15) is 0 Å². The highest BCUT2D eigenvalue weighted by atomic mass is 16.7. The highest BCUT2D eigenvalue weighted by molar-refractivity contribution is 5.71. The maximum atomic E-state index is 12.9. The molecule has 0 aliphatic carbocycles. The van der Waals surface area contributed by atoms with E-state index >= 15 is 0 Å². The van der Waals surface area contributed by atoms with Crippen LogP contribution in [0.4, 0.5) is 0 Å². The van der Waals surface area contributed by atoms with Crippen molar-refractivity contribution in [3.63, 3.8) is 0 Å². The molecular weight excluding hydrogens is 887 g/mol. The molecule has 0 saturated carbocycles. The molecule has 9 heteroatoms. The molecule has 0 radical (unpaired) electrons. The molecule has 9 nitrogen and oxygen atoms in total. The highest BCUT2D eigenvalue weighted by Crippen LogP contribution is 2.17. The second-order valence-electron chi connectivity index (χ2n) is 21.3. The zero-order chi connectivity index (χ0) is 52.0. The number of carboxylic acid groups (broad SMARTS) is 1. The van der Waals surface area contributed by atoms with Crippen LogP contribution >= 0.6 is 0 Å². The number of rotatable bonds is 55. The number of likely N-dealkylation sites (N-methyl/N-ethyl adjacent to an activating group) is 1. The summed E-state index contributed by atoms with van der Waals surface area (Å²) in [5.74, 6) is -1.99. The monoisotopic (exact) mass is 1000 g/mol. The van der Waals surface area contributed by atoms with Crippen molar-refractivity contribution >= 4 is 17.9 Å². The number of quaternary nitrogens is 1. The van der Waals surface area contributed by atoms with Crippen molar-refractivity contribution in [3.05, 3.63) is 48.6 Å². The number of esters is 2. The van der Waals surface area contributed by atoms with Crippen molar-refractivity contribution in [3.8, 4) is 0 Å². The Balaban J connectivity index is 4.11. The summed E-state index contributed by atoms with van der Waals surface area (Å²) in [6.07, 6.45) is 63.4. The number of nitrogens with zero attached hydrogens (tertiary/aromatic N) is 1. The first-order valence-electron chi connectivity index (χ1n) is 29.8. The summed E-state index contributed by atoms with van der Waals surface area (Å²) in [4.78, 5) is 37.4. The number of hydrogen-bond acceptors (Lipinski definition) is 7. The van der Waals surface area contributed by atoms with Gasteiger partial charge in [-0.05, 0) is 51.4 Å². The first-order valence-corrected chi connectivity index (χ1v) is 29.8. The summed E-state index contributed by atoms with van der Waals surface area (Å²) in [6.45, 7) is 4.80. The van der Waals surface area contributed by atoms with E-state index in [0.29, 0.717) is 17.4 Å². The van der Waals surface area contributed by atoms with Crippen molar-refractivity contribution in [1.29, 1.82) is 0 Å². The van der Waals surface area contributed by atoms with E-state index in [-0.39, 0.29) is 38.2 Å². The number of carbonyl (C=O) groups excluding carboxylic acids is 2. The smallest absolute Gasteiger partial charge is 0.361 e. The second-order valence-corrected chi connectivity index (χ2v) is 21.3. The zero-order valence-electron chi connectivity index (χ0n) is 47.1. The Hall–Kier alpha value is -2.75. The number of allylic oxidation sites excluding steroid dienone is 8. The minimum Gasteiger partial charge on any atom is -0.477 e. The van der Waals surface area contributed by atoms with Crippen molar-refractivity contribution in [2.24, 2.45) is 0 Å². The van der Waals surface area contributed by atoms with Crippen LogP contribution in [0, 0.1) is 0 Å². The summed E-state index contributed by atoms with van der Waals surface area (Å²) in [5.41, 5.74) is 0. The van der Waals surface area contributed by atoms with Crippen molar-refractivity contribution in [2.45, 2.75) is 283 Å². The standard InChI is InChI=1S/C62H113NO8/c1-6-8-10-12-14-16-18-20-22-23-24-25-26-27-28-29-30-31-32-33-34-35-36-37-39-41-43-45-47-49-51-53-60(65)71-58(57-70-62(61(66)67)68-55-54-63(3,4)5)56-69-59(64)52-50-48-46-44-42-40-38-21-19-17-15-13-11-9-7-2/h8,10,14,16,20,22,24-25,58,62H,6-7,9,11-13,15,17-19,21,23,26-57H2,1-5H3/p+1/b10-8-,16-14-,22-20-,25-24-. The molecule has 2 unspecified atom stereocenters. The highest BCUT2D eigenvalue weighted by Gasteiger charge is 2.25. The third-order valence-electron chi connectivity index (χ3n) is 13.1. The summed E-state index contributed by atoms with van der Waals surface area (Å²) >= 11 is 0. The fraction of sp³-hybridized carbons (Fsp3) is 0.823. The lowest BCUT2D eigenvalue weighted by Gasteiger charge is -2.25. The number of ether oxygens (including phenoxy) is 4. The molecule has 2 atom stereocenters. The maximum absolute atomic E-state index is 12.9. The number of hydrogen-bond donors (Lipinski definition) is 1. The van der Waals surface area contributed by atoms with Gasteiger partial charge in [-0.15, -0.1) is 0 Å². The molecule has 0 bridgehead atoms. The van der Waals surface area contributed by atoms with Gasteiger partial charge in [0, 0.05) is 12.8 Å². The molecule has 71 heavy (non-hydrogen) atoms. The summed E-state index contributed by atoms with van der Waals surface area (Å²) in [5, 5.41) is 9.70. The van der Waals surface area contributed by atoms with Gasteiger partial charge >= 0.3 is 17.9 Å². The number of unbranched alkanes of at least 4 members (excludes halogenated alkanes) is 32. The predicted octanol–water partition coefficient (Wildman–Crippen LogP) is 17.5. The quantitative estimate of drug-likeness (QED) is 0.0211. The first kappa shape index (κ1) is 68.2. The number of carboxylic acids is 1. The van der Waals surface area contributed by atoms with Crippen LogP contribution in [0.15, 0.2) is 48.6 Å². The molecule has 0 aromatic rings. The largest absolute Gasteiger partial charge is 0.477 e. The van der Waals surface area contributed by atoms with Gasteiger partial charge in [0.25, 0.3) is 6.29 Å². The van der Waals surface area contributed by atoms with E-state index in [4.69, 9.17) is 18.9 Å². The molecule has 0 spiro atoms. The van der Waals surface area contributed by atoms with Gasteiger partial charge in [-0.1, -0.05) is 255 Å². The lowest BCUT2D eigenvalue weighted by Crippen LogP contribution is -2.40. The van der Waals surface area contributed by atoms with Crippen molar-refractivity contribution in [1.82, 2.24) is 0 Å². The van der Waals surface area contributed by atoms with Gasteiger partial charge in [0.15, 0.2) is 6.10 Å². The fourth-order valence-electron chi connectivity index (χ4n) is 8.54. The normalized spacial score (nSPS) is 13.1. The van der Waals surface area contributed by atoms with E-state index in [1.807, 2.05) is 21.1 Å². The van der Waals surface area contributed by atoms with E-state index in [1.54, 1.807) is 0 Å². The molecule has 0 aromatic heterocycles. The zero-order valence-corrected chi connectivity index (χ0v) is 47.1. The Morgan fingerprint density at radius 1 is 0.437 bits per heavy atom. The van der Waals surface area contributed by atoms with Gasteiger partial charge in [0.2, 0.25) is 0 Å². The molecule has 0 heterocycles. The van der Waals surface area contributed by atoms with E-state index in [0.717, 1.165) is 64.2 Å². The Kier molecular flexibility index (Phi) is 51.5. The van der Waals surface area contributed by atoms with E-state index in [9.17, 15) is 19.5 Å². The van der Waals surface area contributed by atoms with Crippen LogP contribution in [0.1, 0.15) is 271 Å². The molecule has 0 aliphatic heterocycles. The topological polar surface area (TPSA) is 108 Å². The lowest BCUT2D eigenvalue weighted by atomic mass is 10.0. The third-order valence-corrected chi connectivity index (χ3v) is 13.1. The molecule has 414 valence electrons. The van der Waals surface area contributed by atoms with Crippen LogP contribution in [0.5, 0.6) is 0 Å². The molecule has 0 amide bonds. The van der Waals surface area contributed by atoms with Crippen LogP contribution in [-0.2, 0) is 33.3 Å². The van der Waals surface area contributed by atoms with E-state index in [1.165, 1.54) is 180 Å². The molecule has 0 aliphatic rings. The average molecular weight is 1000 g/mol.